The highest BCUT2D eigenvalue weighted by atomic mass is 32.1. The van der Waals surface area contributed by atoms with Crippen LogP contribution in [0.25, 0.3) is 10.9 Å². The molecule has 0 saturated heterocycles. The Hall–Kier alpha value is -0.890. The van der Waals surface area contributed by atoms with E-state index >= 15 is 0 Å². The molecule has 0 fully saturated rings. The van der Waals surface area contributed by atoms with Crippen LogP contribution in [-0.2, 0) is 0 Å². The van der Waals surface area contributed by atoms with Crippen LogP contribution in [0.3, 0.4) is 0 Å². The van der Waals surface area contributed by atoms with Gasteiger partial charge in [0.1, 0.15) is 0 Å². The summed E-state index contributed by atoms with van der Waals surface area (Å²) in [7, 11) is 0. The van der Waals surface area contributed by atoms with E-state index in [9.17, 15) is 0 Å². The van der Waals surface area contributed by atoms with E-state index in [0.717, 1.165) is 0 Å². The van der Waals surface area contributed by atoms with Crippen molar-refractivity contribution < 1.29 is 0 Å². The summed E-state index contributed by atoms with van der Waals surface area (Å²) in [5, 5.41) is 1.28. The fourth-order valence-corrected chi connectivity index (χ4v) is 0.995. The first-order valence-corrected chi connectivity index (χ1v) is 2.99. The molecular formula is C8H7NS. The van der Waals surface area contributed by atoms with Crippen molar-refractivity contribution in [1.29, 1.82) is 0 Å². The number of aromatic nitrogens is 1. The number of aromatic amines is 1. The van der Waals surface area contributed by atoms with Gasteiger partial charge in [0.05, 0.1) is 0 Å². The monoisotopic (exact) mass is 149 g/mol. The lowest BCUT2D eigenvalue weighted by atomic mass is 10.3. The van der Waals surface area contributed by atoms with Crippen LogP contribution in [0.5, 0.6) is 0 Å². The molecule has 0 atom stereocenters. The summed E-state index contributed by atoms with van der Waals surface area (Å²) in [5.41, 5.74) is 1.21. The maximum atomic E-state index is 3.12. The van der Waals surface area contributed by atoms with E-state index < -0.39 is 0 Å². The number of rotatable bonds is 0. The van der Waals surface area contributed by atoms with Crippen molar-refractivity contribution in [2.24, 2.45) is 0 Å². The molecule has 2 rings (SSSR count). The van der Waals surface area contributed by atoms with Crippen molar-refractivity contribution in [3.05, 3.63) is 36.5 Å². The number of fused-ring (bicyclic) bond motifs is 1. The van der Waals surface area contributed by atoms with Crippen molar-refractivity contribution in [1.82, 2.24) is 4.98 Å². The Labute approximate surface area is 66.5 Å². The Balaban J connectivity index is 0.000000500. The van der Waals surface area contributed by atoms with Gasteiger partial charge in [0.2, 0.25) is 0 Å². The second-order valence-electron chi connectivity index (χ2n) is 2.06. The maximum Gasteiger partial charge on any atom is 0.0453 e. The Kier molecular flexibility index (Phi) is 2.02. The van der Waals surface area contributed by atoms with Gasteiger partial charge < -0.3 is 4.98 Å². The summed E-state index contributed by atoms with van der Waals surface area (Å²) in [5.74, 6) is 0. The van der Waals surface area contributed by atoms with Gasteiger partial charge in [0.15, 0.2) is 0 Å². The van der Waals surface area contributed by atoms with Crippen molar-refractivity contribution >= 4 is 24.4 Å². The van der Waals surface area contributed by atoms with Crippen molar-refractivity contribution in [3.63, 3.8) is 0 Å². The van der Waals surface area contributed by atoms with Gasteiger partial charge in [0.25, 0.3) is 0 Å². The van der Waals surface area contributed by atoms with Gasteiger partial charge >= 0.3 is 0 Å². The highest BCUT2D eigenvalue weighted by Gasteiger charge is 1.86. The normalized spacial score (nSPS) is 9.20. The molecule has 1 N–H and O–H groups in total. The Morgan fingerprint density at radius 3 is 2.60 bits per heavy atom. The average Bonchev–Trinajstić information content (AvgIpc) is 2.33. The van der Waals surface area contributed by atoms with E-state index in [-0.39, 0.29) is 13.5 Å². The van der Waals surface area contributed by atoms with Crippen LogP contribution in [0, 0.1) is 0 Å². The van der Waals surface area contributed by atoms with Crippen molar-refractivity contribution in [2.45, 2.75) is 0 Å². The number of para-hydroxylation sites is 1. The smallest absolute Gasteiger partial charge is 0.0453 e. The summed E-state index contributed by atoms with van der Waals surface area (Å²) in [6.07, 6.45) is 1.95. The van der Waals surface area contributed by atoms with Crippen LogP contribution in [0.15, 0.2) is 36.5 Å². The van der Waals surface area contributed by atoms with Gasteiger partial charge in [-0.15, -0.1) is 0 Å². The zero-order valence-electron chi connectivity index (χ0n) is 5.37. The van der Waals surface area contributed by atoms with Gasteiger partial charge in [0, 0.05) is 25.2 Å². The molecule has 0 saturated carbocycles. The third-order valence-corrected chi connectivity index (χ3v) is 1.46. The van der Waals surface area contributed by atoms with E-state index in [1.54, 1.807) is 0 Å². The highest BCUT2D eigenvalue weighted by molar-refractivity contribution is 7.59. The molecule has 0 spiro atoms. The number of nitrogens with one attached hydrogen (secondary N) is 1. The molecule has 0 unspecified atom stereocenters. The first kappa shape index (κ1) is 7.22. The minimum Gasteiger partial charge on any atom is -0.361 e. The van der Waals surface area contributed by atoms with Crippen LogP contribution in [0.4, 0.5) is 0 Å². The predicted molar refractivity (Wildman–Crippen MR) is 45.9 cm³/mol. The Morgan fingerprint density at radius 1 is 1.00 bits per heavy atom. The van der Waals surface area contributed by atoms with Gasteiger partial charge in [-0.1, -0.05) is 18.2 Å². The van der Waals surface area contributed by atoms with Crippen LogP contribution in [-0.4, -0.2) is 4.98 Å². The number of H-pyrrole nitrogens is 1. The largest absolute Gasteiger partial charge is 0.361 e. The van der Waals surface area contributed by atoms with Gasteiger partial charge in [-0.05, 0) is 17.5 Å². The lowest BCUT2D eigenvalue weighted by Crippen LogP contribution is -1.61. The fourth-order valence-electron chi connectivity index (χ4n) is 0.995. The van der Waals surface area contributed by atoms with E-state index in [1.165, 1.54) is 10.9 Å². The Morgan fingerprint density at radius 2 is 1.80 bits per heavy atom. The van der Waals surface area contributed by atoms with E-state index in [0.29, 0.717) is 0 Å². The summed E-state index contributed by atoms with van der Waals surface area (Å²) in [4.78, 5) is 3.12. The SMILES string of the molecule is [S].c1ccc2[nH]ccc2c1. The van der Waals surface area contributed by atoms with Crippen molar-refractivity contribution in [3.8, 4) is 0 Å². The first-order valence-electron chi connectivity index (χ1n) is 2.99. The molecule has 0 bridgehead atoms. The van der Waals surface area contributed by atoms with Crippen LogP contribution >= 0.6 is 13.5 Å². The molecule has 1 aromatic heterocycles. The summed E-state index contributed by atoms with van der Waals surface area (Å²) >= 11 is 0. The van der Waals surface area contributed by atoms with E-state index in [1.807, 2.05) is 18.3 Å². The topological polar surface area (TPSA) is 15.8 Å². The summed E-state index contributed by atoms with van der Waals surface area (Å²) < 4.78 is 0. The second kappa shape index (κ2) is 2.80. The number of hydrogen-bond donors (Lipinski definition) is 1. The molecule has 2 aromatic rings. The molecule has 0 amide bonds. The summed E-state index contributed by atoms with van der Waals surface area (Å²) in [6.45, 7) is 0. The van der Waals surface area contributed by atoms with Gasteiger partial charge in [-0.3, -0.25) is 0 Å². The average molecular weight is 149 g/mol. The molecule has 50 valence electrons. The van der Waals surface area contributed by atoms with Gasteiger partial charge in [-0.25, -0.2) is 0 Å². The molecule has 1 nitrogen and oxygen atoms in total. The molecule has 0 aliphatic heterocycles. The van der Waals surface area contributed by atoms with Crippen molar-refractivity contribution in [2.75, 3.05) is 0 Å². The molecule has 2 radical (unpaired) electrons. The maximum absolute atomic E-state index is 3.12. The zero-order chi connectivity index (χ0) is 6.10. The standard InChI is InChI=1S/C8H7N.S/c1-2-4-8-7(3-1)5-6-9-8;/h1-6,9H;. The van der Waals surface area contributed by atoms with E-state index in [2.05, 4.69) is 23.2 Å². The third-order valence-electron chi connectivity index (χ3n) is 1.46. The minimum absolute atomic E-state index is 0. The lowest BCUT2D eigenvalue weighted by Gasteiger charge is -1.83. The molecule has 2 heteroatoms. The first-order chi connectivity index (χ1) is 4.47. The predicted octanol–water partition coefficient (Wildman–Crippen LogP) is 2.82. The minimum atomic E-state index is 0. The quantitative estimate of drug-likeness (QED) is 0.592. The molecule has 1 heterocycles. The number of hydrogen-bond acceptors (Lipinski definition) is 0. The zero-order valence-corrected chi connectivity index (χ0v) is 6.19. The van der Waals surface area contributed by atoms with Gasteiger partial charge in [-0.2, -0.15) is 0 Å². The molecule has 1 aromatic carbocycles. The molecule has 0 aliphatic rings. The molecular weight excluding hydrogens is 142 g/mol. The Bertz CT molecular complexity index is 283. The molecule has 0 aliphatic carbocycles. The van der Waals surface area contributed by atoms with Crippen LogP contribution < -0.4 is 0 Å². The molecule has 10 heavy (non-hydrogen) atoms. The highest BCUT2D eigenvalue weighted by Crippen LogP contribution is 2.09. The lowest BCUT2D eigenvalue weighted by molar-refractivity contribution is 1.48. The second-order valence-corrected chi connectivity index (χ2v) is 2.06. The third kappa shape index (κ3) is 1.02. The van der Waals surface area contributed by atoms with E-state index in [4.69, 9.17) is 0 Å². The number of benzene rings is 1. The summed E-state index contributed by atoms with van der Waals surface area (Å²) in [6, 6.07) is 10.3. The van der Waals surface area contributed by atoms with Crippen LogP contribution in [0.2, 0.25) is 0 Å². The van der Waals surface area contributed by atoms with Crippen LogP contribution in [0.1, 0.15) is 0 Å². The fraction of sp³-hybridized carbons (Fsp3) is 0.